The highest BCUT2D eigenvalue weighted by molar-refractivity contribution is 7.90. The van der Waals surface area contributed by atoms with Crippen molar-refractivity contribution in [2.45, 2.75) is 42.8 Å². The first-order valence-electron chi connectivity index (χ1n) is 8.80. The summed E-state index contributed by atoms with van der Waals surface area (Å²) in [6.07, 6.45) is 2.03. The van der Waals surface area contributed by atoms with E-state index < -0.39 is 15.5 Å². The molecule has 8 nitrogen and oxygen atoms in total. The lowest BCUT2D eigenvalue weighted by Crippen LogP contribution is -2.54. The molecule has 0 aliphatic carbocycles. The molecule has 2 rings (SSSR count). The minimum atomic E-state index is -5.26. The van der Waals surface area contributed by atoms with Gasteiger partial charge in [0.2, 0.25) is 0 Å². The van der Waals surface area contributed by atoms with Crippen LogP contribution in [-0.2, 0) is 19.5 Å². The van der Waals surface area contributed by atoms with Crippen molar-refractivity contribution < 1.29 is 31.1 Å². The Bertz CT molecular complexity index is 613. The third-order valence-corrected chi connectivity index (χ3v) is 6.70. The summed E-state index contributed by atoms with van der Waals surface area (Å²) in [6.45, 7) is 1.39. The van der Waals surface area contributed by atoms with Crippen LogP contribution in [0.15, 0.2) is 4.99 Å². The zero-order chi connectivity index (χ0) is 20.1. The van der Waals surface area contributed by atoms with Crippen molar-refractivity contribution in [3.8, 4) is 0 Å². The predicted octanol–water partition coefficient (Wildman–Crippen LogP) is 0.661. The van der Waals surface area contributed by atoms with Crippen LogP contribution in [0.25, 0.3) is 0 Å². The van der Waals surface area contributed by atoms with E-state index in [0.717, 1.165) is 12.8 Å². The van der Waals surface area contributed by atoms with Gasteiger partial charge in [-0.1, -0.05) is 0 Å². The van der Waals surface area contributed by atoms with E-state index in [1.807, 2.05) is 0 Å². The molecule has 0 spiro atoms. The topological polar surface area (TPSA) is 92.3 Å². The number of nitrogens with one attached hydrogen (secondary N) is 2. The minimum Gasteiger partial charge on any atom is -0.381 e. The highest BCUT2D eigenvalue weighted by Gasteiger charge is 2.50. The molecule has 12 heteroatoms. The molecule has 0 bridgehead atoms. The molecular formula is C15H27F3N4O4S. The number of rotatable bonds is 5. The Balaban J connectivity index is 1.84. The maximum Gasteiger partial charge on any atom is 0.511 e. The van der Waals surface area contributed by atoms with Gasteiger partial charge in [-0.3, -0.25) is 4.99 Å². The molecule has 0 saturated carbocycles. The third kappa shape index (κ3) is 5.46. The first-order valence-corrected chi connectivity index (χ1v) is 10.2. The van der Waals surface area contributed by atoms with Crippen molar-refractivity contribution >= 4 is 16.0 Å². The number of methoxy groups -OCH3 is 1. The summed E-state index contributed by atoms with van der Waals surface area (Å²) in [4.78, 5) is 4.13. The number of ether oxygens (including phenoxy) is 2. The van der Waals surface area contributed by atoms with Crippen LogP contribution in [0.4, 0.5) is 13.2 Å². The molecule has 0 aromatic rings. The predicted molar refractivity (Wildman–Crippen MR) is 93.9 cm³/mol. The standard InChI is InChI=1S/C15H27F3N4O4S/c1-19-13(20-11-14(25-2)5-9-26-10-6-14)21-12-3-7-22(8-4-12)27(23,24)15(16,17)18/h12H,3-11H2,1-2H3,(H2,19,20,21). The quantitative estimate of drug-likeness (QED) is 0.505. The molecule has 0 aromatic carbocycles. The van der Waals surface area contributed by atoms with Crippen LogP contribution in [0.3, 0.4) is 0 Å². The number of alkyl halides is 3. The van der Waals surface area contributed by atoms with Crippen molar-refractivity contribution in [1.82, 2.24) is 14.9 Å². The lowest BCUT2D eigenvalue weighted by atomic mass is 9.94. The smallest absolute Gasteiger partial charge is 0.381 e. The van der Waals surface area contributed by atoms with E-state index in [-0.39, 0.29) is 37.6 Å². The van der Waals surface area contributed by atoms with Gasteiger partial charge >= 0.3 is 15.5 Å². The molecule has 27 heavy (non-hydrogen) atoms. The maximum absolute atomic E-state index is 12.6. The van der Waals surface area contributed by atoms with Gasteiger partial charge in [0.1, 0.15) is 0 Å². The van der Waals surface area contributed by atoms with Gasteiger partial charge in [0.05, 0.1) is 5.60 Å². The molecule has 0 amide bonds. The molecule has 2 N–H and O–H groups in total. The number of guanidine groups is 1. The SMILES string of the molecule is CN=C(NCC1(OC)CCOCC1)NC1CCN(S(=O)(=O)C(F)(F)F)CC1. The van der Waals surface area contributed by atoms with Gasteiger partial charge in [0.15, 0.2) is 5.96 Å². The lowest BCUT2D eigenvalue weighted by molar-refractivity contribution is -0.0855. The number of nitrogens with zero attached hydrogens (tertiary/aromatic N) is 2. The van der Waals surface area contributed by atoms with E-state index in [0.29, 0.717) is 30.0 Å². The largest absolute Gasteiger partial charge is 0.511 e. The molecule has 2 saturated heterocycles. The fourth-order valence-electron chi connectivity index (χ4n) is 3.22. The lowest BCUT2D eigenvalue weighted by Gasteiger charge is -2.37. The number of hydrogen-bond donors (Lipinski definition) is 2. The Morgan fingerprint density at radius 2 is 1.89 bits per heavy atom. The molecule has 2 heterocycles. The number of aliphatic imine (C=N–C) groups is 1. The summed E-state index contributed by atoms with van der Waals surface area (Å²) in [5.41, 5.74) is -5.61. The normalized spacial score (nSPS) is 23.2. The summed E-state index contributed by atoms with van der Waals surface area (Å²) in [6, 6.07) is -0.163. The second-order valence-corrected chi connectivity index (χ2v) is 8.62. The van der Waals surface area contributed by atoms with Crippen LogP contribution in [0, 0.1) is 0 Å². The van der Waals surface area contributed by atoms with Gasteiger partial charge in [0, 0.05) is 65.9 Å². The van der Waals surface area contributed by atoms with E-state index in [9.17, 15) is 21.6 Å². The van der Waals surface area contributed by atoms with Crippen molar-refractivity contribution in [2.75, 3.05) is 47.0 Å². The summed E-state index contributed by atoms with van der Waals surface area (Å²) < 4.78 is 72.3. The summed E-state index contributed by atoms with van der Waals surface area (Å²) in [7, 11) is -2.01. The fourth-order valence-corrected chi connectivity index (χ4v) is 4.20. The Morgan fingerprint density at radius 1 is 1.30 bits per heavy atom. The third-order valence-electron chi connectivity index (χ3n) is 5.07. The molecule has 0 unspecified atom stereocenters. The van der Waals surface area contributed by atoms with Gasteiger partial charge in [-0.05, 0) is 12.8 Å². The highest BCUT2D eigenvalue weighted by Crippen LogP contribution is 2.29. The second kappa shape index (κ2) is 8.93. The van der Waals surface area contributed by atoms with Crippen molar-refractivity contribution in [3.05, 3.63) is 0 Å². The minimum absolute atomic E-state index is 0.163. The molecule has 0 radical (unpaired) electrons. The molecule has 2 aliphatic heterocycles. The van der Waals surface area contributed by atoms with Crippen LogP contribution in [0.5, 0.6) is 0 Å². The van der Waals surface area contributed by atoms with E-state index in [4.69, 9.17) is 9.47 Å². The van der Waals surface area contributed by atoms with Gasteiger partial charge < -0.3 is 20.1 Å². The average molecular weight is 416 g/mol. The van der Waals surface area contributed by atoms with Gasteiger partial charge in [0.25, 0.3) is 0 Å². The second-order valence-electron chi connectivity index (χ2n) is 6.69. The first kappa shape index (κ1) is 22.2. The Labute approximate surface area is 157 Å². The summed E-state index contributed by atoms with van der Waals surface area (Å²) in [5, 5.41) is 6.34. The molecule has 0 aromatic heterocycles. The Kier molecular flexibility index (Phi) is 7.33. The average Bonchev–Trinajstić information content (AvgIpc) is 2.65. The fraction of sp³-hybridized carbons (Fsp3) is 0.933. The first-order chi connectivity index (χ1) is 12.6. The summed E-state index contributed by atoms with van der Waals surface area (Å²) >= 11 is 0. The van der Waals surface area contributed by atoms with E-state index in [1.165, 1.54) is 0 Å². The number of piperidine rings is 1. The molecular weight excluding hydrogens is 389 g/mol. The molecule has 0 atom stereocenters. The van der Waals surface area contributed by atoms with Crippen LogP contribution < -0.4 is 10.6 Å². The van der Waals surface area contributed by atoms with Crippen LogP contribution >= 0.6 is 0 Å². The highest BCUT2D eigenvalue weighted by atomic mass is 32.2. The Hall–Kier alpha value is -1.11. The maximum atomic E-state index is 12.6. The van der Waals surface area contributed by atoms with E-state index in [1.54, 1.807) is 14.2 Å². The van der Waals surface area contributed by atoms with Gasteiger partial charge in [-0.2, -0.15) is 17.5 Å². The van der Waals surface area contributed by atoms with Crippen molar-refractivity contribution in [1.29, 1.82) is 0 Å². The number of sulfonamides is 1. The van der Waals surface area contributed by atoms with Gasteiger partial charge in [-0.25, -0.2) is 8.42 Å². The molecule has 2 fully saturated rings. The zero-order valence-electron chi connectivity index (χ0n) is 15.5. The Morgan fingerprint density at radius 3 is 2.37 bits per heavy atom. The van der Waals surface area contributed by atoms with Crippen molar-refractivity contribution in [2.24, 2.45) is 4.99 Å². The zero-order valence-corrected chi connectivity index (χ0v) is 16.3. The van der Waals surface area contributed by atoms with Crippen LogP contribution in [0.2, 0.25) is 0 Å². The molecule has 2 aliphatic rings. The molecule has 158 valence electrons. The summed E-state index contributed by atoms with van der Waals surface area (Å²) in [5.74, 6) is 0.509. The van der Waals surface area contributed by atoms with E-state index in [2.05, 4.69) is 15.6 Å². The van der Waals surface area contributed by atoms with Crippen LogP contribution in [0.1, 0.15) is 25.7 Å². The van der Waals surface area contributed by atoms with Crippen molar-refractivity contribution in [3.63, 3.8) is 0 Å². The monoisotopic (exact) mass is 416 g/mol. The number of halogens is 3. The van der Waals surface area contributed by atoms with Crippen LogP contribution in [-0.4, -0.2) is 82.8 Å². The van der Waals surface area contributed by atoms with E-state index >= 15 is 0 Å². The van der Waals surface area contributed by atoms with Gasteiger partial charge in [-0.15, -0.1) is 0 Å². The number of hydrogen-bond acceptors (Lipinski definition) is 5.